The molecule has 174 valence electrons. The van der Waals surface area contributed by atoms with Gasteiger partial charge in [-0.15, -0.1) is 5.10 Å². The van der Waals surface area contributed by atoms with Gasteiger partial charge >= 0.3 is 6.01 Å². The van der Waals surface area contributed by atoms with Gasteiger partial charge in [0.15, 0.2) is 0 Å². The van der Waals surface area contributed by atoms with Crippen molar-refractivity contribution in [2.45, 2.75) is 19.0 Å². The van der Waals surface area contributed by atoms with Gasteiger partial charge in [0, 0.05) is 35.5 Å². The van der Waals surface area contributed by atoms with E-state index in [1.807, 2.05) is 66.7 Å². The Balaban J connectivity index is 1.27. The molecule has 0 saturated carbocycles. The monoisotopic (exact) mass is 464 g/mol. The molecule has 2 aliphatic heterocycles. The Hall–Kier alpha value is -4.46. The van der Waals surface area contributed by atoms with Crippen molar-refractivity contribution in [3.63, 3.8) is 0 Å². The molecule has 35 heavy (non-hydrogen) atoms. The van der Waals surface area contributed by atoms with Crippen molar-refractivity contribution >= 4 is 29.0 Å². The third-order valence-electron chi connectivity index (χ3n) is 6.26. The molecule has 2 aliphatic rings. The summed E-state index contributed by atoms with van der Waals surface area (Å²) < 4.78 is 5.85. The smallest absolute Gasteiger partial charge is 0.317 e. The van der Waals surface area contributed by atoms with Crippen molar-refractivity contribution in [1.82, 2.24) is 10.2 Å². The van der Waals surface area contributed by atoms with E-state index in [4.69, 9.17) is 9.41 Å². The van der Waals surface area contributed by atoms with Crippen LogP contribution >= 0.6 is 0 Å². The van der Waals surface area contributed by atoms with Crippen LogP contribution in [0, 0.1) is 0 Å². The van der Waals surface area contributed by atoms with Gasteiger partial charge in [-0.1, -0.05) is 53.6 Å². The molecule has 1 saturated heterocycles. The normalized spacial score (nSPS) is 17.4. The maximum atomic E-state index is 13.0. The molecule has 3 heterocycles. The largest absolute Gasteiger partial charge is 0.403 e. The predicted molar refractivity (Wildman–Crippen MR) is 136 cm³/mol. The SMILES string of the molecule is O=C1Nc2ccccc2C(c2ccccc2)=NC1Nc1nnc(-c2ccc(N3CCCC3)cc2)o1. The summed E-state index contributed by atoms with van der Waals surface area (Å²) in [5, 5.41) is 14.2. The standard InChI is InChI=1S/C27H24N6O2/c34-25-24(29-23(18-8-2-1-3-9-18)21-10-4-5-11-22(21)28-25)30-27-32-31-26(35-27)19-12-14-20(15-13-19)33-16-6-7-17-33/h1-5,8-15,24H,6-7,16-17H2,(H,28,34)(H,30,32). The number of aliphatic imine (C=N–C) groups is 1. The average molecular weight is 465 g/mol. The summed E-state index contributed by atoms with van der Waals surface area (Å²) in [5.74, 6) is 0.0724. The zero-order chi connectivity index (χ0) is 23.6. The van der Waals surface area contributed by atoms with Gasteiger partial charge < -0.3 is 20.0 Å². The Bertz CT molecular complexity index is 1370. The predicted octanol–water partition coefficient (Wildman–Crippen LogP) is 4.56. The summed E-state index contributed by atoms with van der Waals surface area (Å²) in [4.78, 5) is 20.2. The number of rotatable bonds is 5. The van der Waals surface area contributed by atoms with Crippen LogP contribution in [-0.2, 0) is 4.79 Å². The van der Waals surface area contributed by atoms with Crippen molar-refractivity contribution in [3.8, 4) is 11.5 Å². The summed E-state index contributed by atoms with van der Waals surface area (Å²) in [7, 11) is 0. The van der Waals surface area contributed by atoms with Crippen molar-refractivity contribution < 1.29 is 9.21 Å². The van der Waals surface area contributed by atoms with Gasteiger partial charge in [0.25, 0.3) is 5.91 Å². The number of carbonyl (C=O) groups excluding carboxylic acids is 1. The topological polar surface area (TPSA) is 95.6 Å². The fraction of sp³-hybridized carbons (Fsp3) is 0.185. The first-order valence-corrected chi connectivity index (χ1v) is 11.7. The molecule has 4 aromatic rings. The molecular formula is C27H24N6O2. The number of anilines is 3. The quantitative estimate of drug-likeness (QED) is 0.449. The van der Waals surface area contributed by atoms with Gasteiger partial charge in [0.2, 0.25) is 12.1 Å². The Morgan fingerprint density at radius 1 is 0.857 bits per heavy atom. The summed E-state index contributed by atoms with van der Waals surface area (Å²) in [6.45, 7) is 2.18. The van der Waals surface area contributed by atoms with Crippen LogP contribution < -0.4 is 15.5 Å². The van der Waals surface area contributed by atoms with Gasteiger partial charge in [-0.3, -0.25) is 4.79 Å². The Labute approximate surface area is 202 Å². The average Bonchev–Trinajstić information content (AvgIpc) is 3.58. The van der Waals surface area contributed by atoms with Crippen LogP contribution in [0.1, 0.15) is 24.0 Å². The molecule has 0 bridgehead atoms. The third kappa shape index (κ3) is 4.26. The fourth-order valence-corrected chi connectivity index (χ4v) is 4.49. The lowest BCUT2D eigenvalue weighted by Crippen LogP contribution is -2.32. The van der Waals surface area contributed by atoms with Crippen LogP contribution in [0.15, 0.2) is 88.3 Å². The highest BCUT2D eigenvalue weighted by Crippen LogP contribution is 2.27. The molecule has 8 nitrogen and oxygen atoms in total. The van der Waals surface area contributed by atoms with E-state index in [2.05, 4.69) is 37.9 Å². The van der Waals surface area contributed by atoms with Crippen LogP contribution in [0.5, 0.6) is 0 Å². The van der Waals surface area contributed by atoms with Crippen LogP contribution in [0.2, 0.25) is 0 Å². The fourth-order valence-electron chi connectivity index (χ4n) is 4.49. The number of benzene rings is 3. The number of nitrogens with one attached hydrogen (secondary N) is 2. The second kappa shape index (κ2) is 9.06. The number of nitrogens with zero attached hydrogens (tertiary/aromatic N) is 4. The van der Waals surface area contributed by atoms with E-state index in [9.17, 15) is 4.79 Å². The molecule has 0 spiro atoms. The van der Waals surface area contributed by atoms with Crippen molar-refractivity contribution in [2.24, 2.45) is 4.99 Å². The highest BCUT2D eigenvalue weighted by molar-refractivity contribution is 6.19. The van der Waals surface area contributed by atoms with Gasteiger partial charge in [-0.2, -0.15) is 0 Å². The van der Waals surface area contributed by atoms with E-state index in [0.717, 1.165) is 29.8 Å². The van der Waals surface area contributed by atoms with Gasteiger partial charge in [-0.25, -0.2) is 4.99 Å². The number of aromatic nitrogens is 2. The maximum Gasteiger partial charge on any atom is 0.317 e. The Morgan fingerprint density at radius 3 is 2.40 bits per heavy atom. The van der Waals surface area contributed by atoms with Crippen LogP contribution in [0.3, 0.4) is 0 Å². The van der Waals surface area contributed by atoms with E-state index < -0.39 is 6.17 Å². The summed E-state index contributed by atoms with van der Waals surface area (Å²) in [6.07, 6.45) is 1.52. The van der Waals surface area contributed by atoms with Gasteiger partial charge in [-0.05, 0) is 43.2 Å². The number of para-hydroxylation sites is 1. The van der Waals surface area contributed by atoms with Crippen LogP contribution in [0.25, 0.3) is 11.5 Å². The van der Waals surface area contributed by atoms with E-state index in [-0.39, 0.29) is 11.9 Å². The number of amides is 1. The number of carbonyl (C=O) groups is 1. The van der Waals surface area contributed by atoms with Crippen LogP contribution in [-0.4, -0.2) is 41.1 Å². The minimum atomic E-state index is -0.941. The van der Waals surface area contributed by atoms with Crippen molar-refractivity contribution in [2.75, 3.05) is 28.6 Å². The number of benzodiazepines with no additional fused rings is 1. The molecule has 3 aromatic carbocycles. The van der Waals surface area contributed by atoms with Gasteiger partial charge in [0.1, 0.15) is 0 Å². The second-order valence-corrected chi connectivity index (χ2v) is 8.58. The first-order valence-electron chi connectivity index (χ1n) is 11.7. The highest BCUT2D eigenvalue weighted by atomic mass is 16.4. The maximum absolute atomic E-state index is 13.0. The molecule has 2 N–H and O–H groups in total. The number of hydrogen-bond donors (Lipinski definition) is 2. The number of fused-ring (bicyclic) bond motifs is 1. The van der Waals surface area contributed by atoms with E-state index in [1.165, 1.54) is 18.5 Å². The van der Waals surface area contributed by atoms with E-state index >= 15 is 0 Å². The molecule has 8 heteroatoms. The zero-order valence-corrected chi connectivity index (χ0v) is 19.0. The highest BCUT2D eigenvalue weighted by Gasteiger charge is 2.27. The van der Waals surface area contributed by atoms with Crippen LogP contribution in [0.4, 0.5) is 17.4 Å². The molecule has 1 unspecified atom stereocenters. The molecule has 0 radical (unpaired) electrons. The van der Waals surface area contributed by atoms with Gasteiger partial charge in [0.05, 0.1) is 11.4 Å². The minimum Gasteiger partial charge on any atom is -0.403 e. The molecular weight excluding hydrogens is 440 g/mol. The lowest BCUT2D eigenvalue weighted by atomic mass is 10.0. The molecule has 1 fully saturated rings. The third-order valence-corrected chi connectivity index (χ3v) is 6.26. The summed E-state index contributed by atoms with van der Waals surface area (Å²) >= 11 is 0. The Morgan fingerprint density at radius 2 is 1.60 bits per heavy atom. The first-order chi connectivity index (χ1) is 17.2. The summed E-state index contributed by atoms with van der Waals surface area (Å²) in [6, 6.07) is 25.6. The zero-order valence-electron chi connectivity index (χ0n) is 19.0. The van der Waals surface area contributed by atoms with E-state index in [0.29, 0.717) is 17.3 Å². The molecule has 1 aromatic heterocycles. The lowest BCUT2D eigenvalue weighted by molar-refractivity contribution is -0.116. The summed E-state index contributed by atoms with van der Waals surface area (Å²) in [5.41, 5.74) is 5.18. The van der Waals surface area contributed by atoms with E-state index in [1.54, 1.807) is 0 Å². The van der Waals surface area contributed by atoms with Crippen molar-refractivity contribution in [3.05, 3.63) is 90.0 Å². The second-order valence-electron chi connectivity index (χ2n) is 8.58. The molecule has 1 atom stereocenters. The van der Waals surface area contributed by atoms with Crippen molar-refractivity contribution in [1.29, 1.82) is 0 Å². The first kappa shape index (κ1) is 21.1. The number of hydrogen-bond acceptors (Lipinski definition) is 7. The molecule has 0 aliphatic carbocycles. The Kier molecular flexibility index (Phi) is 5.46. The minimum absolute atomic E-state index is 0.130. The molecule has 1 amide bonds. The lowest BCUT2D eigenvalue weighted by Gasteiger charge is -2.17. The molecule has 6 rings (SSSR count).